The van der Waals surface area contributed by atoms with Crippen LogP contribution in [-0.4, -0.2) is 31.4 Å². The van der Waals surface area contributed by atoms with E-state index in [1.807, 2.05) is 42.7 Å². The normalized spacial score (nSPS) is 13.8. The van der Waals surface area contributed by atoms with Gasteiger partial charge in [-0.1, -0.05) is 18.2 Å². The lowest BCUT2D eigenvalue weighted by atomic mass is 10.1. The van der Waals surface area contributed by atoms with Crippen molar-refractivity contribution in [3.8, 4) is 22.6 Å². The smallest absolute Gasteiger partial charge is 0.159 e. The third-order valence-corrected chi connectivity index (χ3v) is 5.33. The molecular weight excluding hydrogens is 377 g/mol. The molecule has 5 nitrogen and oxygen atoms in total. The molecule has 6 heteroatoms. The molecule has 4 heterocycles. The molecule has 0 unspecified atom stereocenters. The second-order valence-electron chi connectivity index (χ2n) is 7.39. The predicted molar refractivity (Wildman–Crippen MR) is 113 cm³/mol. The van der Waals surface area contributed by atoms with Gasteiger partial charge in [-0.25, -0.2) is 14.4 Å². The number of fused-ring (bicyclic) bond motifs is 1. The monoisotopic (exact) mass is 397 g/mol. The van der Waals surface area contributed by atoms with Crippen LogP contribution in [0.25, 0.3) is 22.6 Å². The number of benzene rings is 1. The van der Waals surface area contributed by atoms with Gasteiger partial charge in [0, 0.05) is 67.5 Å². The average Bonchev–Trinajstić information content (AvgIpc) is 2.80. The number of hydrogen-bond acceptors (Lipinski definition) is 5. The standard InChI is InChI=1S/C24H20FN5/c25-21-4-2-1-3-20(21)23-6-5-17(13-27-23)15-30-12-9-22-19(16-30)14-28-24(29-22)18-7-10-26-11-8-18/h1-8,10-11,13-14H,9,12,15-16H2. The molecule has 0 N–H and O–H groups in total. The SMILES string of the molecule is Fc1ccccc1-c1ccc(CN2CCc3nc(-c4ccncc4)ncc3C2)cn1. The van der Waals surface area contributed by atoms with Crippen molar-refractivity contribution in [3.63, 3.8) is 0 Å². The summed E-state index contributed by atoms with van der Waals surface area (Å²) in [6.07, 6.45) is 8.16. The highest BCUT2D eigenvalue weighted by molar-refractivity contribution is 5.59. The Hall–Kier alpha value is -3.51. The molecule has 1 aliphatic rings. The maximum absolute atomic E-state index is 14.0. The van der Waals surface area contributed by atoms with Gasteiger partial charge < -0.3 is 0 Å². The van der Waals surface area contributed by atoms with Gasteiger partial charge in [-0.3, -0.25) is 14.9 Å². The van der Waals surface area contributed by atoms with Gasteiger partial charge in [0.1, 0.15) is 5.82 Å². The molecule has 3 aromatic heterocycles. The summed E-state index contributed by atoms with van der Waals surface area (Å²) in [6.45, 7) is 2.52. The van der Waals surface area contributed by atoms with E-state index in [-0.39, 0.29) is 5.82 Å². The Balaban J connectivity index is 1.28. The van der Waals surface area contributed by atoms with E-state index < -0.39 is 0 Å². The molecule has 148 valence electrons. The number of hydrogen-bond donors (Lipinski definition) is 0. The highest BCUT2D eigenvalue weighted by Gasteiger charge is 2.19. The lowest BCUT2D eigenvalue weighted by molar-refractivity contribution is 0.242. The first-order valence-electron chi connectivity index (χ1n) is 9.93. The van der Waals surface area contributed by atoms with Crippen molar-refractivity contribution in [2.45, 2.75) is 19.5 Å². The maximum atomic E-state index is 14.0. The van der Waals surface area contributed by atoms with Gasteiger partial charge in [0.25, 0.3) is 0 Å². The molecule has 0 bridgehead atoms. The molecule has 1 aromatic carbocycles. The second-order valence-corrected chi connectivity index (χ2v) is 7.39. The third-order valence-electron chi connectivity index (χ3n) is 5.33. The minimum Gasteiger partial charge on any atom is -0.294 e. The molecule has 0 fully saturated rings. The molecule has 1 aliphatic heterocycles. The van der Waals surface area contributed by atoms with Crippen LogP contribution in [-0.2, 0) is 19.5 Å². The fourth-order valence-electron chi connectivity index (χ4n) is 3.75. The summed E-state index contributed by atoms with van der Waals surface area (Å²) >= 11 is 0. The zero-order chi connectivity index (χ0) is 20.3. The van der Waals surface area contributed by atoms with Gasteiger partial charge in [0.2, 0.25) is 0 Å². The molecule has 0 saturated carbocycles. The number of pyridine rings is 2. The maximum Gasteiger partial charge on any atom is 0.159 e. The van der Waals surface area contributed by atoms with Gasteiger partial charge in [0.05, 0.1) is 11.4 Å². The van der Waals surface area contributed by atoms with Crippen LogP contribution in [0.4, 0.5) is 4.39 Å². The van der Waals surface area contributed by atoms with Gasteiger partial charge in [-0.2, -0.15) is 0 Å². The highest BCUT2D eigenvalue weighted by atomic mass is 19.1. The topological polar surface area (TPSA) is 54.8 Å². The summed E-state index contributed by atoms with van der Waals surface area (Å²) in [4.78, 5) is 20.2. The van der Waals surface area contributed by atoms with Crippen molar-refractivity contribution in [2.24, 2.45) is 0 Å². The van der Waals surface area contributed by atoms with E-state index in [2.05, 4.69) is 19.9 Å². The lowest BCUT2D eigenvalue weighted by Gasteiger charge is -2.28. The Labute approximate surface area is 174 Å². The molecule has 30 heavy (non-hydrogen) atoms. The third kappa shape index (κ3) is 3.82. The molecule has 0 radical (unpaired) electrons. The molecular formula is C24H20FN5. The molecule has 0 aliphatic carbocycles. The first-order valence-corrected chi connectivity index (χ1v) is 9.93. The minimum absolute atomic E-state index is 0.253. The summed E-state index contributed by atoms with van der Waals surface area (Å²) in [6, 6.07) is 14.5. The van der Waals surface area contributed by atoms with Crippen LogP contribution in [0.3, 0.4) is 0 Å². The van der Waals surface area contributed by atoms with Gasteiger partial charge in [0.15, 0.2) is 5.82 Å². The van der Waals surface area contributed by atoms with Crippen LogP contribution in [0.15, 0.2) is 73.3 Å². The number of aromatic nitrogens is 4. The molecule has 4 aromatic rings. The Morgan fingerprint density at radius 2 is 1.80 bits per heavy atom. The van der Waals surface area contributed by atoms with E-state index in [0.29, 0.717) is 11.3 Å². The number of rotatable bonds is 4. The Bertz CT molecular complexity index is 1160. The molecule has 0 atom stereocenters. The van der Waals surface area contributed by atoms with Gasteiger partial charge in [-0.15, -0.1) is 0 Å². The van der Waals surface area contributed by atoms with Crippen LogP contribution in [0.1, 0.15) is 16.8 Å². The zero-order valence-electron chi connectivity index (χ0n) is 16.4. The Morgan fingerprint density at radius 3 is 2.60 bits per heavy atom. The van der Waals surface area contributed by atoms with Crippen LogP contribution in [0.5, 0.6) is 0 Å². The summed E-state index contributed by atoms with van der Waals surface area (Å²) in [5.41, 5.74) is 5.54. The number of nitrogens with zero attached hydrogens (tertiary/aromatic N) is 5. The molecule has 0 saturated heterocycles. The molecule has 0 amide bonds. The van der Waals surface area contributed by atoms with Crippen LogP contribution in [0, 0.1) is 5.82 Å². The van der Waals surface area contributed by atoms with Crippen LogP contribution < -0.4 is 0 Å². The second kappa shape index (κ2) is 8.08. The fourth-order valence-corrected chi connectivity index (χ4v) is 3.75. The van der Waals surface area contributed by atoms with E-state index in [1.165, 1.54) is 6.07 Å². The summed E-state index contributed by atoms with van der Waals surface area (Å²) in [5, 5.41) is 0. The van der Waals surface area contributed by atoms with E-state index in [1.54, 1.807) is 24.5 Å². The molecule has 0 spiro atoms. The van der Waals surface area contributed by atoms with Crippen molar-refractivity contribution in [2.75, 3.05) is 6.54 Å². The van der Waals surface area contributed by atoms with Crippen LogP contribution in [0.2, 0.25) is 0 Å². The van der Waals surface area contributed by atoms with Crippen molar-refractivity contribution in [3.05, 3.63) is 96.0 Å². The van der Waals surface area contributed by atoms with Crippen LogP contribution >= 0.6 is 0 Å². The van der Waals surface area contributed by atoms with E-state index in [4.69, 9.17) is 4.98 Å². The summed E-state index contributed by atoms with van der Waals surface area (Å²) in [7, 11) is 0. The summed E-state index contributed by atoms with van der Waals surface area (Å²) < 4.78 is 14.0. The fraction of sp³-hybridized carbons (Fsp3) is 0.167. The van der Waals surface area contributed by atoms with Crippen molar-refractivity contribution >= 4 is 0 Å². The van der Waals surface area contributed by atoms with E-state index in [9.17, 15) is 4.39 Å². The number of halogens is 1. The highest BCUT2D eigenvalue weighted by Crippen LogP contribution is 2.23. The Kier molecular flexibility index (Phi) is 4.99. The van der Waals surface area contributed by atoms with Gasteiger partial charge >= 0.3 is 0 Å². The first-order chi connectivity index (χ1) is 14.8. The quantitative estimate of drug-likeness (QED) is 0.514. The summed E-state index contributed by atoms with van der Waals surface area (Å²) in [5.74, 6) is 0.494. The largest absolute Gasteiger partial charge is 0.294 e. The first kappa shape index (κ1) is 18.5. The van der Waals surface area contributed by atoms with Gasteiger partial charge in [-0.05, 0) is 35.9 Å². The average molecular weight is 397 g/mol. The van der Waals surface area contributed by atoms with Crippen molar-refractivity contribution in [1.29, 1.82) is 0 Å². The predicted octanol–water partition coefficient (Wildman–Crippen LogP) is 4.30. The van der Waals surface area contributed by atoms with Crippen molar-refractivity contribution < 1.29 is 4.39 Å². The zero-order valence-corrected chi connectivity index (χ0v) is 16.4. The minimum atomic E-state index is -0.253. The van der Waals surface area contributed by atoms with Crippen molar-refractivity contribution in [1.82, 2.24) is 24.8 Å². The van der Waals surface area contributed by atoms with E-state index in [0.717, 1.165) is 54.3 Å². The molecule has 5 rings (SSSR count). The van der Waals surface area contributed by atoms with E-state index >= 15 is 0 Å². The lowest BCUT2D eigenvalue weighted by Crippen LogP contribution is -2.31. The Morgan fingerprint density at radius 1 is 0.933 bits per heavy atom.